The molecular formula is C45H58FN7O7S2Si. The van der Waals surface area contributed by atoms with Crippen LogP contribution < -0.4 is 14.4 Å². The molecule has 2 aromatic carbocycles. The molecule has 0 radical (unpaired) electrons. The van der Waals surface area contributed by atoms with Crippen LogP contribution in [0.2, 0.25) is 25.7 Å². The number of anilines is 2. The number of aryl methyl sites for hydroxylation is 2. The maximum absolute atomic E-state index is 15.0. The van der Waals surface area contributed by atoms with Gasteiger partial charge in [0.25, 0.3) is 0 Å². The molecule has 3 aromatic heterocycles. The first-order chi connectivity index (χ1) is 29.9. The Morgan fingerprint density at radius 1 is 1.02 bits per heavy atom. The summed E-state index contributed by atoms with van der Waals surface area (Å²) in [5.41, 5.74) is 1.52. The second kappa shape index (κ2) is 22.4. The predicted molar refractivity (Wildman–Crippen MR) is 249 cm³/mol. The van der Waals surface area contributed by atoms with Gasteiger partial charge in [-0.2, -0.15) is 4.99 Å². The van der Waals surface area contributed by atoms with Gasteiger partial charge in [0.15, 0.2) is 38.8 Å². The van der Waals surface area contributed by atoms with Crippen molar-refractivity contribution in [3.8, 4) is 17.6 Å². The van der Waals surface area contributed by atoms with Crippen molar-refractivity contribution in [3.05, 3.63) is 80.8 Å². The minimum absolute atomic E-state index is 0.0426. The number of hydrogen-bond acceptors (Lipinski definition) is 13. The Bertz CT molecular complexity index is 2480. The lowest BCUT2D eigenvalue weighted by Crippen LogP contribution is -2.34. The molecule has 0 aliphatic carbocycles. The highest BCUT2D eigenvalue weighted by atomic mass is 32.1. The van der Waals surface area contributed by atoms with Crippen LogP contribution in [0.3, 0.4) is 0 Å². The van der Waals surface area contributed by atoms with Crippen molar-refractivity contribution >= 4 is 69.8 Å². The van der Waals surface area contributed by atoms with Gasteiger partial charge < -0.3 is 34.2 Å². The van der Waals surface area contributed by atoms with E-state index < -0.39 is 31.6 Å². The number of benzene rings is 2. The van der Waals surface area contributed by atoms with Gasteiger partial charge in [-0.05, 0) is 108 Å². The largest absolute Gasteiger partial charge is 0.491 e. The number of unbranched alkanes of at least 4 members (excludes halogenated alkanes) is 2. The van der Waals surface area contributed by atoms with Crippen molar-refractivity contribution in [2.45, 2.75) is 97.8 Å². The molecule has 0 aliphatic rings. The molecule has 0 spiro atoms. The molecule has 14 nitrogen and oxygen atoms in total. The fourth-order valence-corrected chi connectivity index (χ4v) is 8.90. The van der Waals surface area contributed by atoms with Gasteiger partial charge in [-0.15, -0.1) is 21.5 Å². The van der Waals surface area contributed by atoms with Crippen LogP contribution >= 0.6 is 22.7 Å². The third-order valence-electron chi connectivity index (χ3n) is 9.38. The van der Waals surface area contributed by atoms with Crippen LogP contribution in [0.1, 0.15) is 72.9 Å². The Morgan fingerprint density at radius 3 is 2.49 bits per heavy atom. The summed E-state index contributed by atoms with van der Waals surface area (Å²) in [5.74, 6) is 4.94. The lowest BCUT2D eigenvalue weighted by atomic mass is 10.2. The highest BCUT2D eigenvalue weighted by Gasteiger charge is 2.24. The molecule has 0 atom stereocenters. The van der Waals surface area contributed by atoms with E-state index in [4.69, 9.17) is 19.2 Å². The minimum atomic E-state index is -1.26. The van der Waals surface area contributed by atoms with Crippen LogP contribution in [0.4, 0.5) is 26.0 Å². The molecule has 0 unspecified atom stereocenters. The number of hydrogen-bond donors (Lipinski definition) is 2. The summed E-state index contributed by atoms with van der Waals surface area (Å²) in [6.07, 6.45) is 2.28. The number of carboxylic acid groups (broad SMARTS) is 1. The highest BCUT2D eigenvalue weighted by Crippen LogP contribution is 2.34. The molecule has 0 saturated carbocycles. The Balaban J connectivity index is 1.29. The normalized spacial score (nSPS) is 12.0. The molecule has 0 saturated heterocycles. The minimum Gasteiger partial charge on any atom is -0.491 e. The second-order valence-corrected chi connectivity index (χ2v) is 24.9. The molecule has 0 bridgehead atoms. The third-order valence-corrected chi connectivity index (χ3v) is 13.3. The summed E-state index contributed by atoms with van der Waals surface area (Å²) in [7, 11) is 0.315. The van der Waals surface area contributed by atoms with Gasteiger partial charge in [-0.3, -0.25) is 4.57 Å². The van der Waals surface area contributed by atoms with Gasteiger partial charge in [0.1, 0.15) is 12.3 Å². The van der Waals surface area contributed by atoms with E-state index in [-0.39, 0.29) is 31.2 Å². The van der Waals surface area contributed by atoms with Crippen LogP contribution in [-0.2, 0) is 22.6 Å². The van der Waals surface area contributed by atoms with E-state index in [1.165, 1.54) is 28.4 Å². The number of fused-ring (bicyclic) bond motifs is 1. The third kappa shape index (κ3) is 14.7. The number of amides is 1. The lowest BCUT2D eigenvalue weighted by molar-refractivity contribution is 0.0320. The SMILES string of the molecule is Cc1cc(N(CCCCCO)c2nc(C(=O)O)c(CCCOc3ccc(C#CCN(C)C(=O)OC(C)(C)C)cc3F)s2)nnc1/N=c1\sc2ccccc2n1COCC[Si](C)(C)C. The van der Waals surface area contributed by atoms with E-state index in [0.29, 0.717) is 72.8 Å². The van der Waals surface area contributed by atoms with E-state index >= 15 is 0 Å². The number of para-hydroxylation sites is 1. The first-order valence-corrected chi connectivity index (χ1v) is 26.3. The van der Waals surface area contributed by atoms with Gasteiger partial charge >= 0.3 is 12.1 Å². The number of nitrogens with zero attached hydrogens (tertiary/aromatic N) is 7. The van der Waals surface area contributed by atoms with Crippen molar-refractivity contribution in [3.63, 3.8) is 0 Å². The summed E-state index contributed by atoms with van der Waals surface area (Å²) in [4.78, 5) is 38.6. The molecule has 5 aromatic rings. The average Bonchev–Trinajstić information content (AvgIpc) is 3.80. The van der Waals surface area contributed by atoms with Crippen molar-refractivity contribution in [1.82, 2.24) is 24.6 Å². The van der Waals surface area contributed by atoms with Crippen molar-refractivity contribution in [2.24, 2.45) is 4.99 Å². The zero-order chi connectivity index (χ0) is 45.7. The van der Waals surface area contributed by atoms with Crippen LogP contribution in [0.25, 0.3) is 10.2 Å². The Labute approximate surface area is 377 Å². The molecule has 2 N–H and O–H groups in total. The second-order valence-electron chi connectivity index (χ2n) is 17.2. The number of halogens is 1. The number of carbonyl (C=O) groups excluding carboxylic acids is 1. The number of aromatic nitrogens is 4. The molecule has 0 fully saturated rings. The molecule has 3 heterocycles. The number of aliphatic hydroxyl groups excluding tert-OH is 1. The van der Waals surface area contributed by atoms with Gasteiger partial charge in [0.05, 0.1) is 23.4 Å². The highest BCUT2D eigenvalue weighted by molar-refractivity contribution is 7.16. The lowest BCUT2D eigenvalue weighted by Gasteiger charge is -2.23. The van der Waals surface area contributed by atoms with Gasteiger partial charge in [0, 0.05) is 45.3 Å². The Hall–Kier alpha value is -5.19. The van der Waals surface area contributed by atoms with Crippen molar-refractivity contribution in [1.29, 1.82) is 0 Å². The first kappa shape index (κ1) is 48.8. The average molecular weight is 920 g/mol. The maximum Gasteiger partial charge on any atom is 0.410 e. The molecule has 1 amide bonds. The zero-order valence-electron chi connectivity index (χ0n) is 37.4. The monoisotopic (exact) mass is 919 g/mol. The summed E-state index contributed by atoms with van der Waals surface area (Å²) in [6, 6.07) is 15.4. The summed E-state index contributed by atoms with van der Waals surface area (Å²) < 4.78 is 35.3. The predicted octanol–water partition coefficient (Wildman–Crippen LogP) is 9.17. The smallest absolute Gasteiger partial charge is 0.410 e. The summed E-state index contributed by atoms with van der Waals surface area (Å²) in [5, 5.41) is 29.2. The van der Waals surface area contributed by atoms with E-state index in [1.807, 2.05) is 30.0 Å². The molecule has 338 valence electrons. The van der Waals surface area contributed by atoms with Crippen LogP contribution in [0.5, 0.6) is 5.75 Å². The summed E-state index contributed by atoms with van der Waals surface area (Å²) >= 11 is 2.80. The maximum atomic E-state index is 15.0. The van der Waals surface area contributed by atoms with Gasteiger partial charge in [-0.1, -0.05) is 55.0 Å². The van der Waals surface area contributed by atoms with Crippen LogP contribution in [-0.4, -0.2) is 101 Å². The number of aromatic carboxylic acids is 1. The Morgan fingerprint density at radius 2 is 1.79 bits per heavy atom. The van der Waals surface area contributed by atoms with Gasteiger partial charge in [-0.25, -0.2) is 19.0 Å². The number of carboxylic acids is 1. The number of ether oxygens (including phenoxy) is 3. The number of thiazole rings is 2. The molecule has 63 heavy (non-hydrogen) atoms. The van der Waals surface area contributed by atoms with Crippen LogP contribution in [0.15, 0.2) is 53.5 Å². The molecule has 5 rings (SSSR count). The van der Waals surface area contributed by atoms with Gasteiger partial charge in [0.2, 0.25) is 0 Å². The van der Waals surface area contributed by atoms with E-state index in [2.05, 4.69) is 63.4 Å². The summed E-state index contributed by atoms with van der Waals surface area (Å²) in [6.45, 7) is 16.0. The molecule has 18 heteroatoms. The fourth-order valence-electron chi connectivity index (χ4n) is 6.00. The van der Waals surface area contributed by atoms with Crippen molar-refractivity contribution < 1.29 is 38.4 Å². The topological polar surface area (TPSA) is 165 Å². The standard InChI is InChI=1S/C45H58FN7O7S2Si/c1-31-28-38(49-50-40(31)48-43-53(30-58-26-27-63(6,7)8)34-17-10-11-18-36(34)61-43)52(23-12-9-13-24-54)42-47-39(41(55)56)37(62-42)19-15-25-59-35-21-20-32(29-33(35)46)16-14-22-51(5)44(57)60-45(2,3)4/h10-11,17-18,20-21,28-29,54H,9,12-13,15,19,22-27,30H2,1-8H3,(H,55,56)/b48-43-. The number of aliphatic hydroxyl groups is 1. The number of rotatable bonds is 20. The quantitative estimate of drug-likeness (QED) is 0.0435. The zero-order valence-corrected chi connectivity index (χ0v) is 40.0. The molecule has 0 aliphatic heterocycles. The molecular weight excluding hydrogens is 862 g/mol. The number of carbonyl (C=O) groups is 2. The van der Waals surface area contributed by atoms with E-state index in [1.54, 1.807) is 45.2 Å². The van der Waals surface area contributed by atoms with Crippen LogP contribution in [0, 0.1) is 24.6 Å². The van der Waals surface area contributed by atoms with E-state index in [0.717, 1.165) is 33.0 Å². The van der Waals surface area contributed by atoms with Crippen molar-refractivity contribution in [2.75, 3.05) is 44.9 Å². The Kier molecular flexibility index (Phi) is 17.4. The van der Waals surface area contributed by atoms with E-state index in [9.17, 15) is 24.2 Å². The first-order valence-electron chi connectivity index (χ1n) is 20.9. The fraction of sp³-hybridized carbons (Fsp3) is 0.467.